The standard InChI is InChI=1S/C10H13F3N2/c11-10(12,13)9-6-8(7-14-9)15-4-2-1-3-5-15/h6-7,14H,1-5H2. The zero-order valence-electron chi connectivity index (χ0n) is 8.27. The summed E-state index contributed by atoms with van der Waals surface area (Å²) in [5, 5.41) is 0. The molecule has 1 aliphatic heterocycles. The normalized spacial score (nSPS) is 18.2. The van der Waals surface area contributed by atoms with Crippen molar-refractivity contribution in [3.05, 3.63) is 18.0 Å². The van der Waals surface area contributed by atoms with Crippen LogP contribution < -0.4 is 4.90 Å². The lowest BCUT2D eigenvalue weighted by atomic mass is 10.1. The second kappa shape index (κ2) is 3.79. The van der Waals surface area contributed by atoms with Crippen LogP contribution in [0.5, 0.6) is 0 Å². The van der Waals surface area contributed by atoms with E-state index in [-0.39, 0.29) is 0 Å². The molecule has 1 aliphatic rings. The largest absolute Gasteiger partial charge is 0.431 e. The van der Waals surface area contributed by atoms with E-state index in [0.717, 1.165) is 25.9 Å². The fraction of sp³-hybridized carbons (Fsp3) is 0.600. The molecule has 0 bridgehead atoms. The van der Waals surface area contributed by atoms with Crippen molar-refractivity contribution in [2.45, 2.75) is 25.4 Å². The van der Waals surface area contributed by atoms with Gasteiger partial charge in [-0.3, -0.25) is 0 Å². The lowest BCUT2D eigenvalue weighted by molar-refractivity contribution is -0.140. The molecule has 0 amide bonds. The molecule has 1 fully saturated rings. The van der Waals surface area contributed by atoms with Gasteiger partial charge in [0, 0.05) is 19.3 Å². The van der Waals surface area contributed by atoms with Gasteiger partial charge in [0.1, 0.15) is 5.69 Å². The molecule has 0 radical (unpaired) electrons. The summed E-state index contributed by atoms with van der Waals surface area (Å²) in [7, 11) is 0. The van der Waals surface area contributed by atoms with E-state index in [1.165, 1.54) is 18.7 Å². The van der Waals surface area contributed by atoms with Gasteiger partial charge in [0.15, 0.2) is 0 Å². The van der Waals surface area contributed by atoms with Crippen molar-refractivity contribution in [2.75, 3.05) is 18.0 Å². The zero-order chi connectivity index (χ0) is 10.9. The molecule has 1 aromatic heterocycles. The van der Waals surface area contributed by atoms with Crippen LogP contribution in [0, 0.1) is 0 Å². The maximum Gasteiger partial charge on any atom is 0.431 e. The summed E-state index contributed by atoms with van der Waals surface area (Å²) >= 11 is 0. The Bertz CT molecular complexity index is 324. The number of halogens is 3. The van der Waals surface area contributed by atoms with Crippen molar-refractivity contribution < 1.29 is 13.2 Å². The van der Waals surface area contributed by atoms with E-state index in [1.54, 1.807) is 0 Å². The fourth-order valence-corrected chi connectivity index (χ4v) is 1.88. The van der Waals surface area contributed by atoms with Crippen LogP contribution in [0.15, 0.2) is 12.3 Å². The molecule has 2 nitrogen and oxygen atoms in total. The number of rotatable bonds is 1. The van der Waals surface area contributed by atoms with Gasteiger partial charge in [-0.15, -0.1) is 0 Å². The van der Waals surface area contributed by atoms with Crippen molar-refractivity contribution in [3.63, 3.8) is 0 Å². The molecule has 15 heavy (non-hydrogen) atoms. The third-order valence-electron chi connectivity index (χ3n) is 2.69. The van der Waals surface area contributed by atoms with Crippen molar-refractivity contribution in [1.82, 2.24) is 4.98 Å². The number of nitrogens with one attached hydrogen (secondary N) is 1. The molecule has 0 aromatic carbocycles. The topological polar surface area (TPSA) is 19.0 Å². The summed E-state index contributed by atoms with van der Waals surface area (Å²) in [5.74, 6) is 0. The van der Waals surface area contributed by atoms with Gasteiger partial charge in [0.25, 0.3) is 0 Å². The van der Waals surface area contributed by atoms with Gasteiger partial charge in [-0.25, -0.2) is 0 Å². The van der Waals surface area contributed by atoms with Gasteiger partial charge >= 0.3 is 6.18 Å². The van der Waals surface area contributed by atoms with Gasteiger partial charge in [-0.05, 0) is 25.3 Å². The summed E-state index contributed by atoms with van der Waals surface area (Å²) in [5.41, 5.74) is -0.00917. The Morgan fingerprint density at radius 1 is 1.13 bits per heavy atom. The highest BCUT2D eigenvalue weighted by atomic mass is 19.4. The first kappa shape index (κ1) is 10.4. The average Bonchev–Trinajstić information content (AvgIpc) is 2.67. The molecule has 2 rings (SSSR count). The number of aromatic nitrogens is 1. The average molecular weight is 218 g/mol. The minimum absolute atomic E-state index is 0.655. The number of hydrogen-bond donors (Lipinski definition) is 1. The molecule has 0 saturated carbocycles. The molecule has 0 atom stereocenters. The molecule has 1 N–H and O–H groups in total. The molecular weight excluding hydrogens is 205 g/mol. The monoisotopic (exact) mass is 218 g/mol. The van der Waals surface area contributed by atoms with Gasteiger partial charge < -0.3 is 9.88 Å². The predicted molar refractivity (Wildman–Crippen MR) is 51.9 cm³/mol. The van der Waals surface area contributed by atoms with E-state index in [1.807, 2.05) is 4.90 Å². The summed E-state index contributed by atoms with van der Waals surface area (Å²) in [4.78, 5) is 4.27. The second-order valence-electron chi connectivity index (χ2n) is 3.82. The minimum atomic E-state index is -4.27. The number of H-pyrrole nitrogens is 1. The van der Waals surface area contributed by atoms with E-state index >= 15 is 0 Å². The first-order valence-corrected chi connectivity index (χ1v) is 5.08. The van der Waals surface area contributed by atoms with Gasteiger partial charge in [0.2, 0.25) is 0 Å². The predicted octanol–water partition coefficient (Wildman–Crippen LogP) is 3.02. The zero-order valence-corrected chi connectivity index (χ0v) is 8.27. The molecule has 2 heterocycles. The highest BCUT2D eigenvalue weighted by Crippen LogP contribution is 2.31. The van der Waals surface area contributed by atoms with Crippen LogP contribution in [0.2, 0.25) is 0 Å². The quantitative estimate of drug-likeness (QED) is 0.767. The molecule has 5 heteroatoms. The van der Waals surface area contributed by atoms with E-state index in [0.29, 0.717) is 5.69 Å². The Morgan fingerprint density at radius 3 is 2.33 bits per heavy atom. The molecular formula is C10H13F3N2. The van der Waals surface area contributed by atoms with Crippen molar-refractivity contribution >= 4 is 5.69 Å². The van der Waals surface area contributed by atoms with Crippen LogP contribution in [0.25, 0.3) is 0 Å². The highest BCUT2D eigenvalue weighted by molar-refractivity contribution is 5.47. The Kier molecular flexibility index (Phi) is 2.63. The van der Waals surface area contributed by atoms with E-state index in [2.05, 4.69) is 4.98 Å². The highest BCUT2D eigenvalue weighted by Gasteiger charge is 2.32. The Labute approximate surface area is 86.1 Å². The maximum atomic E-state index is 12.3. The van der Waals surface area contributed by atoms with E-state index in [4.69, 9.17) is 0 Å². The van der Waals surface area contributed by atoms with Crippen LogP contribution in [0.1, 0.15) is 25.0 Å². The van der Waals surface area contributed by atoms with Crippen LogP contribution in [0.3, 0.4) is 0 Å². The number of aromatic amines is 1. The Balaban J connectivity index is 2.12. The molecule has 0 aliphatic carbocycles. The number of hydrogen-bond acceptors (Lipinski definition) is 1. The van der Waals surface area contributed by atoms with E-state index in [9.17, 15) is 13.2 Å². The molecule has 0 unspecified atom stereocenters. The Hall–Kier alpha value is -1.13. The lowest BCUT2D eigenvalue weighted by Gasteiger charge is -2.27. The molecule has 1 saturated heterocycles. The van der Waals surface area contributed by atoms with Crippen LogP contribution in [-0.2, 0) is 6.18 Å². The number of alkyl halides is 3. The second-order valence-corrected chi connectivity index (χ2v) is 3.82. The van der Waals surface area contributed by atoms with E-state index < -0.39 is 11.9 Å². The van der Waals surface area contributed by atoms with Crippen molar-refractivity contribution in [2.24, 2.45) is 0 Å². The smallest absolute Gasteiger partial charge is 0.370 e. The third-order valence-corrected chi connectivity index (χ3v) is 2.69. The maximum absolute atomic E-state index is 12.3. The number of nitrogens with zero attached hydrogens (tertiary/aromatic N) is 1. The fourth-order valence-electron chi connectivity index (χ4n) is 1.88. The number of anilines is 1. The molecule has 84 valence electrons. The summed E-state index contributed by atoms with van der Waals surface area (Å²) < 4.78 is 37.0. The number of piperidine rings is 1. The van der Waals surface area contributed by atoms with Crippen molar-refractivity contribution in [1.29, 1.82) is 0 Å². The van der Waals surface area contributed by atoms with Gasteiger partial charge in [-0.2, -0.15) is 13.2 Å². The Morgan fingerprint density at radius 2 is 1.80 bits per heavy atom. The minimum Gasteiger partial charge on any atom is -0.370 e. The summed E-state index contributed by atoms with van der Waals surface area (Å²) in [6, 6.07) is 1.19. The van der Waals surface area contributed by atoms with Gasteiger partial charge in [-0.1, -0.05) is 0 Å². The van der Waals surface area contributed by atoms with Crippen LogP contribution in [0.4, 0.5) is 18.9 Å². The van der Waals surface area contributed by atoms with Gasteiger partial charge in [0.05, 0.1) is 5.69 Å². The SMILES string of the molecule is FC(F)(F)c1cc(N2CCCCC2)c[nH]1. The van der Waals surface area contributed by atoms with Crippen molar-refractivity contribution in [3.8, 4) is 0 Å². The van der Waals surface area contributed by atoms with Crippen LogP contribution >= 0.6 is 0 Å². The summed E-state index contributed by atoms with van der Waals surface area (Å²) in [6.45, 7) is 1.71. The third kappa shape index (κ3) is 2.27. The molecule has 1 aromatic rings. The lowest BCUT2D eigenvalue weighted by Crippen LogP contribution is -2.28. The molecule has 0 spiro atoms. The summed E-state index contributed by atoms with van der Waals surface area (Å²) in [6.07, 6.45) is 0.467. The first-order valence-electron chi connectivity index (χ1n) is 5.08. The van der Waals surface area contributed by atoms with Crippen LogP contribution in [-0.4, -0.2) is 18.1 Å². The first-order chi connectivity index (χ1) is 7.07.